The lowest BCUT2D eigenvalue weighted by Crippen LogP contribution is -2.30. The van der Waals surface area contributed by atoms with Crippen LogP contribution >= 0.6 is 0 Å². The SMILES string of the molecule is Cc1cnc(Nc2ccc(O)c(C(=O)O)c2)nc1N[C@@H](CO)C(C)C. The molecule has 0 saturated heterocycles. The summed E-state index contributed by atoms with van der Waals surface area (Å²) >= 11 is 0. The molecule has 1 heterocycles. The van der Waals surface area contributed by atoms with Crippen molar-refractivity contribution in [3.05, 3.63) is 35.5 Å². The van der Waals surface area contributed by atoms with Gasteiger partial charge in [0.25, 0.3) is 0 Å². The fourth-order valence-electron chi connectivity index (χ4n) is 2.16. The van der Waals surface area contributed by atoms with Crippen LogP contribution in [0.4, 0.5) is 17.5 Å². The first-order chi connectivity index (χ1) is 11.8. The number of aliphatic hydroxyl groups excluding tert-OH is 1. The third-order valence-corrected chi connectivity index (χ3v) is 3.78. The number of carboxylic acids is 1. The van der Waals surface area contributed by atoms with E-state index in [4.69, 9.17) is 5.11 Å². The summed E-state index contributed by atoms with van der Waals surface area (Å²) in [6.07, 6.45) is 1.63. The smallest absolute Gasteiger partial charge is 0.339 e. The molecule has 1 aromatic heterocycles. The summed E-state index contributed by atoms with van der Waals surface area (Å²) in [6.45, 7) is 5.81. The number of anilines is 3. The Morgan fingerprint density at radius 3 is 2.64 bits per heavy atom. The Balaban J connectivity index is 2.25. The third kappa shape index (κ3) is 4.57. The predicted octanol–water partition coefficient (Wildman–Crippen LogP) is 2.36. The molecule has 2 aromatic rings. The number of aromatic carboxylic acids is 1. The minimum Gasteiger partial charge on any atom is -0.507 e. The molecule has 5 N–H and O–H groups in total. The Morgan fingerprint density at radius 2 is 2.04 bits per heavy atom. The van der Waals surface area contributed by atoms with Crippen LogP contribution in [0.15, 0.2) is 24.4 Å². The number of aromatic hydroxyl groups is 1. The third-order valence-electron chi connectivity index (χ3n) is 3.78. The summed E-state index contributed by atoms with van der Waals surface area (Å²) < 4.78 is 0. The van der Waals surface area contributed by atoms with Crippen molar-refractivity contribution in [2.24, 2.45) is 5.92 Å². The molecule has 0 radical (unpaired) electrons. The molecule has 0 spiro atoms. The molecule has 1 atom stereocenters. The fourth-order valence-corrected chi connectivity index (χ4v) is 2.16. The maximum atomic E-state index is 11.1. The molecule has 134 valence electrons. The van der Waals surface area contributed by atoms with Gasteiger partial charge in [0, 0.05) is 17.4 Å². The zero-order valence-electron chi connectivity index (χ0n) is 14.3. The van der Waals surface area contributed by atoms with Crippen molar-refractivity contribution in [3.8, 4) is 5.75 Å². The van der Waals surface area contributed by atoms with Crippen molar-refractivity contribution in [1.82, 2.24) is 9.97 Å². The Morgan fingerprint density at radius 1 is 1.32 bits per heavy atom. The van der Waals surface area contributed by atoms with Gasteiger partial charge in [0.05, 0.1) is 12.6 Å². The van der Waals surface area contributed by atoms with E-state index in [1.807, 2.05) is 20.8 Å². The van der Waals surface area contributed by atoms with Crippen LogP contribution in [0.3, 0.4) is 0 Å². The number of hydrogen-bond donors (Lipinski definition) is 5. The van der Waals surface area contributed by atoms with Crippen molar-refractivity contribution < 1.29 is 20.1 Å². The maximum Gasteiger partial charge on any atom is 0.339 e. The number of carbonyl (C=O) groups is 1. The average molecular weight is 346 g/mol. The molecule has 0 aliphatic heterocycles. The van der Waals surface area contributed by atoms with Gasteiger partial charge in [0.2, 0.25) is 5.95 Å². The van der Waals surface area contributed by atoms with E-state index >= 15 is 0 Å². The van der Waals surface area contributed by atoms with Gasteiger partial charge in [-0.3, -0.25) is 0 Å². The van der Waals surface area contributed by atoms with E-state index < -0.39 is 5.97 Å². The second kappa shape index (κ2) is 7.80. The minimum atomic E-state index is -1.23. The lowest BCUT2D eigenvalue weighted by molar-refractivity contribution is 0.0694. The standard InChI is InChI=1S/C17H22N4O4/c1-9(2)13(8-22)20-15-10(3)7-18-17(21-15)19-11-4-5-14(23)12(6-11)16(24)25/h4-7,9,13,22-23H,8H2,1-3H3,(H,24,25)(H2,18,19,20,21)/t13-/m0/s1. The first kappa shape index (κ1) is 18.5. The van der Waals surface area contributed by atoms with Crippen LogP contribution in [-0.4, -0.2) is 43.9 Å². The van der Waals surface area contributed by atoms with Crippen LogP contribution in [0.25, 0.3) is 0 Å². The Kier molecular flexibility index (Phi) is 5.76. The van der Waals surface area contributed by atoms with Crippen LogP contribution in [0.2, 0.25) is 0 Å². The van der Waals surface area contributed by atoms with Gasteiger partial charge in [-0.2, -0.15) is 4.98 Å². The number of hydrogen-bond acceptors (Lipinski definition) is 7. The molecule has 0 unspecified atom stereocenters. The molecule has 0 aliphatic rings. The van der Waals surface area contributed by atoms with Gasteiger partial charge < -0.3 is 26.0 Å². The highest BCUT2D eigenvalue weighted by molar-refractivity contribution is 5.92. The van der Waals surface area contributed by atoms with Crippen LogP contribution in [-0.2, 0) is 0 Å². The number of carboxylic acid groups (broad SMARTS) is 1. The number of aryl methyl sites for hydroxylation is 1. The number of aromatic nitrogens is 2. The number of nitrogens with zero attached hydrogens (tertiary/aromatic N) is 2. The van der Waals surface area contributed by atoms with Crippen LogP contribution in [0.5, 0.6) is 5.75 Å². The Bertz CT molecular complexity index is 764. The van der Waals surface area contributed by atoms with Gasteiger partial charge in [-0.25, -0.2) is 9.78 Å². The molecule has 2 rings (SSSR count). The molecule has 1 aromatic carbocycles. The summed E-state index contributed by atoms with van der Waals surface area (Å²) in [5.74, 6) is -0.465. The molecule has 25 heavy (non-hydrogen) atoms. The zero-order chi connectivity index (χ0) is 18.6. The molecule has 8 nitrogen and oxygen atoms in total. The largest absolute Gasteiger partial charge is 0.507 e. The average Bonchev–Trinajstić information content (AvgIpc) is 2.56. The van der Waals surface area contributed by atoms with Crippen LogP contribution in [0, 0.1) is 12.8 Å². The Hall–Kier alpha value is -2.87. The van der Waals surface area contributed by atoms with E-state index in [2.05, 4.69) is 20.6 Å². The highest BCUT2D eigenvalue weighted by atomic mass is 16.4. The molecule has 0 aliphatic carbocycles. The van der Waals surface area contributed by atoms with Gasteiger partial charge >= 0.3 is 5.97 Å². The maximum absolute atomic E-state index is 11.1. The molecule has 0 bridgehead atoms. The number of aliphatic hydroxyl groups is 1. The number of benzene rings is 1. The minimum absolute atomic E-state index is 0.0240. The van der Waals surface area contributed by atoms with Gasteiger partial charge in [-0.15, -0.1) is 0 Å². The van der Waals surface area contributed by atoms with Gasteiger partial charge in [-0.05, 0) is 31.0 Å². The molecular formula is C17H22N4O4. The summed E-state index contributed by atoms with van der Waals surface area (Å²) in [6, 6.07) is 3.98. The van der Waals surface area contributed by atoms with Gasteiger partial charge in [0.1, 0.15) is 17.1 Å². The monoisotopic (exact) mass is 346 g/mol. The van der Waals surface area contributed by atoms with Crippen molar-refractivity contribution in [1.29, 1.82) is 0 Å². The number of nitrogens with one attached hydrogen (secondary N) is 2. The fraction of sp³-hybridized carbons (Fsp3) is 0.353. The molecule has 8 heteroatoms. The summed E-state index contributed by atoms with van der Waals surface area (Å²) in [4.78, 5) is 19.6. The van der Waals surface area contributed by atoms with Crippen molar-refractivity contribution in [2.75, 3.05) is 17.2 Å². The van der Waals surface area contributed by atoms with E-state index in [0.29, 0.717) is 11.5 Å². The lowest BCUT2D eigenvalue weighted by atomic mass is 10.1. The van der Waals surface area contributed by atoms with Crippen molar-refractivity contribution >= 4 is 23.4 Å². The Labute approximate surface area is 145 Å². The quantitative estimate of drug-likeness (QED) is 0.483. The number of phenols is 1. The molecular weight excluding hydrogens is 324 g/mol. The second-order valence-corrected chi connectivity index (χ2v) is 6.06. The zero-order valence-corrected chi connectivity index (χ0v) is 14.3. The highest BCUT2D eigenvalue weighted by Crippen LogP contribution is 2.24. The second-order valence-electron chi connectivity index (χ2n) is 6.06. The van der Waals surface area contributed by atoms with Gasteiger partial charge in [0.15, 0.2) is 0 Å². The normalized spacial score (nSPS) is 12.0. The van der Waals surface area contributed by atoms with E-state index in [1.54, 1.807) is 6.20 Å². The lowest BCUT2D eigenvalue weighted by Gasteiger charge is -2.21. The van der Waals surface area contributed by atoms with Crippen molar-refractivity contribution in [2.45, 2.75) is 26.8 Å². The molecule has 0 amide bonds. The first-order valence-electron chi connectivity index (χ1n) is 7.86. The summed E-state index contributed by atoms with van der Waals surface area (Å²) in [5, 5.41) is 34.2. The predicted molar refractivity (Wildman–Crippen MR) is 94.5 cm³/mol. The topological polar surface area (TPSA) is 128 Å². The first-order valence-corrected chi connectivity index (χ1v) is 7.86. The number of rotatable bonds is 7. The summed E-state index contributed by atoms with van der Waals surface area (Å²) in [7, 11) is 0. The molecule has 0 fully saturated rings. The van der Waals surface area contributed by atoms with E-state index in [1.165, 1.54) is 18.2 Å². The highest BCUT2D eigenvalue weighted by Gasteiger charge is 2.15. The molecule has 0 saturated carbocycles. The van der Waals surface area contributed by atoms with Crippen molar-refractivity contribution in [3.63, 3.8) is 0 Å². The van der Waals surface area contributed by atoms with E-state index in [9.17, 15) is 15.0 Å². The summed E-state index contributed by atoms with van der Waals surface area (Å²) in [5.41, 5.74) is 1.05. The van der Waals surface area contributed by atoms with E-state index in [0.717, 1.165) is 5.56 Å². The van der Waals surface area contributed by atoms with Crippen LogP contribution < -0.4 is 10.6 Å². The van der Waals surface area contributed by atoms with Crippen LogP contribution in [0.1, 0.15) is 29.8 Å². The van der Waals surface area contributed by atoms with Gasteiger partial charge in [-0.1, -0.05) is 13.8 Å². The van der Waals surface area contributed by atoms with E-state index in [-0.39, 0.29) is 35.8 Å².